The fraction of sp³-hybridized carbons (Fsp3) is 0.265. The van der Waals surface area contributed by atoms with Gasteiger partial charge in [-0.25, -0.2) is 14.7 Å². The number of nitrogens with one attached hydrogen (secondary N) is 2. The molecule has 3 heterocycles. The molecule has 0 bridgehead atoms. The lowest BCUT2D eigenvalue weighted by molar-refractivity contribution is -0.125. The number of hydrogen-bond donors (Lipinski definition) is 3. The molecule has 48 heavy (non-hydrogen) atoms. The van der Waals surface area contributed by atoms with Crippen molar-refractivity contribution in [1.82, 2.24) is 25.2 Å². The van der Waals surface area contributed by atoms with Gasteiger partial charge in [0.25, 0.3) is 11.8 Å². The molecule has 0 saturated heterocycles. The number of benzene rings is 2. The third-order valence-corrected chi connectivity index (χ3v) is 9.64. The summed E-state index contributed by atoms with van der Waals surface area (Å²) in [7, 11) is 0. The van der Waals surface area contributed by atoms with E-state index in [1.807, 2.05) is 0 Å². The number of carbonyl (C=O) groups is 4. The van der Waals surface area contributed by atoms with E-state index >= 15 is 0 Å². The van der Waals surface area contributed by atoms with E-state index in [-0.39, 0.29) is 29.5 Å². The molecule has 3 aliphatic rings. The van der Waals surface area contributed by atoms with E-state index < -0.39 is 34.4 Å². The lowest BCUT2D eigenvalue weighted by Gasteiger charge is -2.27. The van der Waals surface area contributed by atoms with Gasteiger partial charge in [0.1, 0.15) is 16.8 Å². The van der Waals surface area contributed by atoms with Gasteiger partial charge in [-0.2, -0.15) is 5.26 Å². The number of aromatic carboxylic acids is 1. The van der Waals surface area contributed by atoms with Crippen LogP contribution >= 0.6 is 23.2 Å². The fourth-order valence-corrected chi connectivity index (χ4v) is 6.79. The molecular formula is C34H27Cl2N7O5. The molecule has 2 fully saturated rings. The van der Waals surface area contributed by atoms with Crippen molar-refractivity contribution in [1.29, 1.82) is 5.26 Å². The zero-order valence-corrected chi connectivity index (χ0v) is 27.0. The molecule has 3 amide bonds. The van der Waals surface area contributed by atoms with E-state index in [1.54, 1.807) is 54.0 Å². The maximum Gasteiger partial charge on any atom is 0.335 e. The first kappa shape index (κ1) is 31.4. The predicted octanol–water partition coefficient (Wildman–Crippen LogP) is 4.86. The highest BCUT2D eigenvalue weighted by Gasteiger charge is 2.57. The van der Waals surface area contributed by atoms with E-state index in [2.05, 4.69) is 26.7 Å². The van der Waals surface area contributed by atoms with Gasteiger partial charge in [0.2, 0.25) is 11.9 Å². The van der Waals surface area contributed by atoms with Gasteiger partial charge in [0.15, 0.2) is 0 Å². The highest BCUT2D eigenvalue weighted by molar-refractivity contribution is 6.35. The van der Waals surface area contributed by atoms with Gasteiger partial charge in [-0.05, 0) is 80.6 Å². The molecule has 1 atom stereocenters. The molecule has 2 saturated carbocycles. The van der Waals surface area contributed by atoms with Crippen molar-refractivity contribution in [3.05, 3.63) is 105 Å². The smallest absolute Gasteiger partial charge is 0.335 e. The van der Waals surface area contributed by atoms with Crippen LogP contribution in [-0.2, 0) is 27.1 Å². The van der Waals surface area contributed by atoms with Gasteiger partial charge in [-0.15, -0.1) is 0 Å². The van der Waals surface area contributed by atoms with Crippen molar-refractivity contribution in [2.24, 2.45) is 0 Å². The number of nitriles is 1. The van der Waals surface area contributed by atoms with Crippen LogP contribution in [0.4, 0.5) is 11.6 Å². The number of rotatable bonds is 9. The number of halogens is 2. The minimum absolute atomic E-state index is 0.0669. The number of carboxylic acid groups (broad SMARTS) is 1. The Morgan fingerprint density at radius 3 is 2.27 bits per heavy atom. The average Bonchev–Trinajstić information content (AvgIpc) is 3.96. The zero-order chi connectivity index (χ0) is 34.0. The van der Waals surface area contributed by atoms with Crippen molar-refractivity contribution in [2.75, 3.05) is 4.90 Å². The number of nitrogens with zero attached hydrogens (tertiary/aromatic N) is 5. The van der Waals surface area contributed by atoms with E-state index in [9.17, 15) is 29.5 Å². The van der Waals surface area contributed by atoms with Gasteiger partial charge in [-0.1, -0.05) is 35.3 Å². The number of pyridine rings is 1. The second kappa shape index (κ2) is 11.2. The van der Waals surface area contributed by atoms with Crippen LogP contribution in [0.5, 0.6) is 0 Å². The van der Waals surface area contributed by atoms with Gasteiger partial charge >= 0.3 is 5.97 Å². The number of aromatic nitrogens is 3. The Morgan fingerprint density at radius 1 is 0.979 bits per heavy atom. The number of carbonyl (C=O) groups excluding carboxylic acids is 3. The van der Waals surface area contributed by atoms with Crippen LogP contribution < -0.4 is 15.5 Å². The summed E-state index contributed by atoms with van der Waals surface area (Å²) in [5.74, 6) is -2.30. The second-order valence-corrected chi connectivity index (χ2v) is 13.5. The number of carboxylic acids is 1. The summed E-state index contributed by atoms with van der Waals surface area (Å²) in [5.41, 5.74) is -1.20. The van der Waals surface area contributed by atoms with Crippen LogP contribution in [0, 0.1) is 11.3 Å². The van der Waals surface area contributed by atoms with E-state index in [0.29, 0.717) is 52.7 Å². The Balaban J connectivity index is 1.20. The minimum Gasteiger partial charge on any atom is -0.478 e. The van der Waals surface area contributed by atoms with Gasteiger partial charge in [0, 0.05) is 22.7 Å². The van der Waals surface area contributed by atoms with Gasteiger partial charge in [0.05, 0.1) is 40.3 Å². The number of amides is 3. The van der Waals surface area contributed by atoms with Crippen LogP contribution in [0.25, 0.3) is 0 Å². The lowest BCUT2D eigenvalue weighted by atomic mass is 9.91. The van der Waals surface area contributed by atoms with Gasteiger partial charge < -0.3 is 15.7 Å². The predicted molar refractivity (Wildman–Crippen MR) is 174 cm³/mol. The standard InChI is InChI=1S/C34H27Cl2N7O5/c1-32(16-19-2-4-20(17-37)5-3-19)30(48)42(24-14-22(35)13-23(36)15-24)31-39-18-25(43(31)32)27(44)40-34(9-10-34)29(47)41-33(7-8-33)26-12-21(28(45)46)6-11-38-26/h2-6,11-15,18H,7-10,16H2,1H3,(H,40,44)(H,41,47)(H,45,46). The third kappa shape index (κ3) is 5.25. The van der Waals surface area contributed by atoms with Crippen LogP contribution in [0.15, 0.2) is 67.0 Å². The second-order valence-electron chi connectivity index (χ2n) is 12.6. The van der Waals surface area contributed by atoms with E-state index in [4.69, 9.17) is 23.2 Å². The Hall–Kier alpha value is -5.25. The summed E-state index contributed by atoms with van der Waals surface area (Å²) in [4.78, 5) is 63.8. The summed E-state index contributed by atoms with van der Waals surface area (Å²) in [6, 6.07) is 16.4. The molecule has 2 aromatic heterocycles. The minimum atomic E-state index is -1.35. The van der Waals surface area contributed by atoms with Crippen molar-refractivity contribution in [2.45, 2.75) is 55.6 Å². The summed E-state index contributed by atoms with van der Waals surface area (Å²) >= 11 is 12.6. The Bertz CT molecular complexity index is 2060. The first-order valence-corrected chi connectivity index (χ1v) is 15.9. The van der Waals surface area contributed by atoms with Crippen LogP contribution in [-0.4, -0.2) is 48.9 Å². The molecule has 0 radical (unpaired) electrons. The fourth-order valence-electron chi connectivity index (χ4n) is 6.27. The maximum atomic E-state index is 14.3. The first-order valence-electron chi connectivity index (χ1n) is 15.1. The Labute approximate surface area is 284 Å². The topological polar surface area (TPSA) is 170 Å². The van der Waals surface area contributed by atoms with Crippen LogP contribution in [0.2, 0.25) is 10.0 Å². The molecule has 4 aromatic rings. The van der Waals surface area contributed by atoms with Crippen molar-refractivity contribution < 1.29 is 24.3 Å². The summed E-state index contributed by atoms with van der Waals surface area (Å²) < 4.78 is 1.56. The zero-order valence-electron chi connectivity index (χ0n) is 25.5. The molecule has 3 N–H and O–H groups in total. The summed E-state index contributed by atoms with van der Waals surface area (Å²) in [6.07, 6.45) is 4.85. The maximum absolute atomic E-state index is 14.3. The Morgan fingerprint density at radius 2 is 1.67 bits per heavy atom. The quantitative estimate of drug-likeness (QED) is 0.225. The number of anilines is 2. The molecule has 0 spiro atoms. The molecule has 2 aromatic carbocycles. The monoisotopic (exact) mass is 683 g/mol. The third-order valence-electron chi connectivity index (χ3n) is 9.21. The Kier molecular flexibility index (Phi) is 7.30. The molecule has 1 unspecified atom stereocenters. The molecule has 2 aliphatic carbocycles. The summed E-state index contributed by atoms with van der Waals surface area (Å²) in [5, 5.41) is 25.2. The van der Waals surface area contributed by atoms with Crippen molar-refractivity contribution in [3.8, 4) is 6.07 Å². The molecule has 14 heteroatoms. The molecule has 242 valence electrons. The SMILES string of the molecule is CC1(Cc2ccc(C#N)cc2)C(=O)N(c2cc(Cl)cc(Cl)c2)c2ncc(C(=O)NC3(C(=O)NC4(c5cc(C(=O)O)ccn5)CC4)CC3)n21. The summed E-state index contributed by atoms with van der Waals surface area (Å²) in [6.45, 7) is 1.70. The number of hydrogen-bond acceptors (Lipinski definition) is 7. The lowest BCUT2D eigenvalue weighted by Crippen LogP contribution is -2.52. The van der Waals surface area contributed by atoms with Crippen LogP contribution in [0.1, 0.15) is 70.3 Å². The van der Waals surface area contributed by atoms with Crippen molar-refractivity contribution >= 4 is 58.5 Å². The normalized spacial score (nSPS) is 19.6. The highest BCUT2D eigenvalue weighted by Crippen LogP contribution is 2.47. The molecule has 7 rings (SSSR count). The highest BCUT2D eigenvalue weighted by atomic mass is 35.5. The number of imidazole rings is 1. The van der Waals surface area contributed by atoms with Gasteiger partial charge in [-0.3, -0.25) is 23.9 Å². The van der Waals surface area contributed by atoms with E-state index in [1.165, 1.54) is 29.4 Å². The average molecular weight is 685 g/mol. The molecule has 12 nitrogen and oxygen atoms in total. The first-order chi connectivity index (χ1) is 22.9. The number of fused-ring (bicyclic) bond motifs is 1. The van der Waals surface area contributed by atoms with Crippen molar-refractivity contribution in [3.63, 3.8) is 0 Å². The van der Waals surface area contributed by atoms with Crippen LogP contribution in [0.3, 0.4) is 0 Å². The van der Waals surface area contributed by atoms with E-state index in [0.717, 1.165) is 5.56 Å². The molecule has 1 aliphatic heterocycles. The largest absolute Gasteiger partial charge is 0.478 e. The molecular weight excluding hydrogens is 657 g/mol.